The van der Waals surface area contributed by atoms with E-state index >= 15 is 0 Å². The van der Waals surface area contributed by atoms with Gasteiger partial charge in [0, 0.05) is 24.9 Å². The molecule has 0 aliphatic heterocycles. The molecule has 0 saturated carbocycles. The smallest absolute Gasteiger partial charge is 0.0642 e. The summed E-state index contributed by atoms with van der Waals surface area (Å²) >= 11 is 8.29. The second-order valence-electron chi connectivity index (χ2n) is 4.91. The van der Waals surface area contributed by atoms with E-state index in [1.807, 2.05) is 11.8 Å². The van der Waals surface area contributed by atoms with Crippen LogP contribution in [0.15, 0.2) is 18.2 Å². The molecule has 108 valence electrons. The van der Waals surface area contributed by atoms with Crippen LogP contribution in [0.4, 0.5) is 5.69 Å². The first-order valence-electron chi connectivity index (χ1n) is 6.75. The molecular formula is C15H25ClN2S. The van der Waals surface area contributed by atoms with Crippen molar-refractivity contribution in [2.75, 3.05) is 30.5 Å². The Kier molecular flexibility index (Phi) is 7.05. The second kappa shape index (κ2) is 8.03. The average Bonchev–Trinajstić information content (AvgIpc) is 2.38. The third kappa shape index (κ3) is 4.59. The largest absolute Gasteiger partial charge is 0.370 e. The van der Waals surface area contributed by atoms with Crippen LogP contribution in [0.1, 0.15) is 32.4 Å². The van der Waals surface area contributed by atoms with Gasteiger partial charge in [-0.3, -0.25) is 0 Å². The van der Waals surface area contributed by atoms with Gasteiger partial charge in [-0.05, 0) is 44.3 Å². The summed E-state index contributed by atoms with van der Waals surface area (Å²) in [6.45, 7) is 7.46. The number of hydrogen-bond acceptors (Lipinski definition) is 3. The van der Waals surface area contributed by atoms with Crippen molar-refractivity contribution in [2.24, 2.45) is 0 Å². The van der Waals surface area contributed by atoms with Gasteiger partial charge in [-0.15, -0.1) is 0 Å². The third-order valence-corrected chi connectivity index (χ3v) is 4.55. The Bertz CT molecular complexity index is 398. The molecule has 1 aromatic carbocycles. The monoisotopic (exact) mass is 300 g/mol. The number of rotatable bonds is 7. The van der Waals surface area contributed by atoms with Gasteiger partial charge < -0.3 is 10.2 Å². The topological polar surface area (TPSA) is 15.3 Å². The van der Waals surface area contributed by atoms with Gasteiger partial charge >= 0.3 is 0 Å². The molecule has 0 spiro atoms. The summed E-state index contributed by atoms with van der Waals surface area (Å²) in [6.07, 6.45) is 2.13. The van der Waals surface area contributed by atoms with Crippen molar-refractivity contribution in [2.45, 2.75) is 32.9 Å². The number of halogens is 1. The predicted molar refractivity (Wildman–Crippen MR) is 89.8 cm³/mol. The number of anilines is 1. The number of nitrogens with zero attached hydrogens (tertiary/aromatic N) is 1. The maximum Gasteiger partial charge on any atom is 0.0642 e. The molecule has 2 unspecified atom stereocenters. The molecule has 1 aromatic rings. The van der Waals surface area contributed by atoms with Gasteiger partial charge in [0.1, 0.15) is 0 Å². The molecule has 1 N–H and O–H groups in total. The lowest BCUT2D eigenvalue weighted by atomic mass is 10.1. The van der Waals surface area contributed by atoms with Crippen LogP contribution in [0.5, 0.6) is 0 Å². The molecule has 19 heavy (non-hydrogen) atoms. The van der Waals surface area contributed by atoms with Gasteiger partial charge in [0.15, 0.2) is 0 Å². The Labute approximate surface area is 126 Å². The summed E-state index contributed by atoms with van der Waals surface area (Å²) < 4.78 is 0. The van der Waals surface area contributed by atoms with E-state index in [2.05, 4.69) is 62.5 Å². The number of thioether (sulfide) groups is 1. The highest BCUT2D eigenvalue weighted by atomic mass is 35.5. The normalized spacial score (nSPS) is 14.2. The molecule has 0 heterocycles. The fourth-order valence-electron chi connectivity index (χ4n) is 2.09. The van der Waals surface area contributed by atoms with Crippen molar-refractivity contribution in [3.63, 3.8) is 0 Å². The quantitative estimate of drug-likeness (QED) is 0.812. The fraction of sp³-hybridized carbons (Fsp3) is 0.600. The summed E-state index contributed by atoms with van der Waals surface area (Å²) in [5, 5.41) is 4.24. The summed E-state index contributed by atoms with van der Waals surface area (Å²) in [7, 11) is 2.11. The van der Waals surface area contributed by atoms with Crippen molar-refractivity contribution in [3.8, 4) is 0 Å². The molecule has 0 aliphatic carbocycles. The molecule has 0 saturated heterocycles. The second-order valence-corrected chi connectivity index (χ2v) is 6.22. The van der Waals surface area contributed by atoms with Crippen LogP contribution in [0.2, 0.25) is 5.02 Å². The van der Waals surface area contributed by atoms with E-state index in [4.69, 9.17) is 11.6 Å². The van der Waals surface area contributed by atoms with Gasteiger partial charge in [0.05, 0.1) is 10.7 Å². The number of nitrogens with one attached hydrogen (secondary N) is 1. The van der Waals surface area contributed by atoms with E-state index in [-0.39, 0.29) is 0 Å². The van der Waals surface area contributed by atoms with Crippen LogP contribution in [-0.2, 0) is 0 Å². The lowest BCUT2D eigenvalue weighted by Gasteiger charge is -2.28. The van der Waals surface area contributed by atoms with E-state index in [0.717, 1.165) is 23.0 Å². The highest BCUT2D eigenvalue weighted by molar-refractivity contribution is 7.98. The Hall–Kier alpha value is -0.380. The minimum Gasteiger partial charge on any atom is -0.370 e. The van der Waals surface area contributed by atoms with Crippen LogP contribution >= 0.6 is 23.4 Å². The maximum atomic E-state index is 6.44. The fourth-order valence-corrected chi connectivity index (χ4v) is 3.12. The molecule has 0 aromatic heterocycles. The first-order valence-corrected chi connectivity index (χ1v) is 8.53. The molecule has 0 fully saturated rings. The zero-order valence-corrected chi connectivity index (χ0v) is 14.1. The van der Waals surface area contributed by atoms with Crippen molar-refractivity contribution >= 4 is 29.1 Å². The number of hydrogen-bond donors (Lipinski definition) is 1. The number of benzene rings is 1. The van der Waals surface area contributed by atoms with Crippen LogP contribution in [-0.4, -0.2) is 31.6 Å². The highest BCUT2D eigenvalue weighted by Crippen LogP contribution is 2.29. The summed E-state index contributed by atoms with van der Waals surface area (Å²) in [4.78, 5) is 2.25. The Balaban J connectivity index is 2.87. The SMILES string of the molecule is CCNC(C)c1ccc(N(C)C(C)CSC)c(Cl)c1. The Morgan fingerprint density at radius 3 is 2.58 bits per heavy atom. The average molecular weight is 301 g/mol. The summed E-state index contributed by atoms with van der Waals surface area (Å²) in [6, 6.07) is 7.18. The lowest BCUT2D eigenvalue weighted by molar-refractivity contribution is 0.598. The van der Waals surface area contributed by atoms with Gasteiger partial charge in [0.2, 0.25) is 0 Å². The maximum absolute atomic E-state index is 6.44. The molecule has 4 heteroatoms. The van der Waals surface area contributed by atoms with Gasteiger partial charge in [-0.25, -0.2) is 0 Å². The van der Waals surface area contributed by atoms with Crippen molar-refractivity contribution in [1.29, 1.82) is 0 Å². The van der Waals surface area contributed by atoms with E-state index in [0.29, 0.717) is 12.1 Å². The van der Waals surface area contributed by atoms with Gasteiger partial charge in [0.25, 0.3) is 0 Å². The predicted octanol–water partition coefficient (Wildman–Crippen LogP) is 4.20. The first kappa shape index (κ1) is 16.7. The molecule has 2 atom stereocenters. The Morgan fingerprint density at radius 1 is 1.37 bits per heavy atom. The summed E-state index contributed by atoms with van der Waals surface area (Å²) in [5.74, 6) is 1.10. The van der Waals surface area contributed by atoms with E-state index < -0.39 is 0 Å². The molecule has 0 radical (unpaired) electrons. The molecule has 0 aliphatic rings. The van der Waals surface area contributed by atoms with Crippen LogP contribution < -0.4 is 10.2 Å². The third-order valence-electron chi connectivity index (χ3n) is 3.43. The van der Waals surface area contributed by atoms with E-state index in [1.165, 1.54) is 5.56 Å². The van der Waals surface area contributed by atoms with Crippen LogP contribution in [0.25, 0.3) is 0 Å². The minimum atomic E-state index is 0.338. The zero-order chi connectivity index (χ0) is 14.4. The van der Waals surface area contributed by atoms with E-state index in [9.17, 15) is 0 Å². The molecule has 0 bridgehead atoms. The van der Waals surface area contributed by atoms with E-state index in [1.54, 1.807) is 0 Å². The molecule has 2 nitrogen and oxygen atoms in total. The van der Waals surface area contributed by atoms with Crippen LogP contribution in [0, 0.1) is 0 Å². The van der Waals surface area contributed by atoms with Crippen molar-refractivity contribution < 1.29 is 0 Å². The van der Waals surface area contributed by atoms with Crippen molar-refractivity contribution in [3.05, 3.63) is 28.8 Å². The summed E-state index contributed by atoms with van der Waals surface area (Å²) in [5.41, 5.74) is 2.34. The van der Waals surface area contributed by atoms with Gasteiger partial charge in [-0.2, -0.15) is 11.8 Å². The van der Waals surface area contributed by atoms with Crippen LogP contribution in [0.3, 0.4) is 0 Å². The minimum absolute atomic E-state index is 0.338. The lowest BCUT2D eigenvalue weighted by Crippen LogP contribution is -2.31. The Morgan fingerprint density at radius 2 is 2.05 bits per heavy atom. The van der Waals surface area contributed by atoms with Gasteiger partial charge in [-0.1, -0.05) is 24.6 Å². The molecule has 1 rings (SSSR count). The highest BCUT2D eigenvalue weighted by Gasteiger charge is 2.14. The molecule has 0 amide bonds. The zero-order valence-electron chi connectivity index (χ0n) is 12.5. The van der Waals surface area contributed by atoms with Crippen molar-refractivity contribution in [1.82, 2.24) is 5.32 Å². The first-order chi connectivity index (χ1) is 9.01. The molecular weight excluding hydrogens is 276 g/mol. The standard InChI is InChI=1S/C15H25ClN2S/c1-6-17-12(3)13-7-8-15(14(16)9-13)18(4)11(2)10-19-5/h7-9,11-12,17H,6,10H2,1-5H3.